The van der Waals surface area contributed by atoms with Crippen molar-refractivity contribution < 1.29 is 24.2 Å². The van der Waals surface area contributed by atoms with Crippen molar-refractivity contribution in [3.63, 3.8) is 0 Å². The van der Waals surface area contributed by atoms with Crippen molar-refractivity contribution in [3.05, 3.63) is 72.3 Å². The molecule has 0 saturated heterocycles. The van der Waals surface area contributed by atoms with Crippen LogP contribution in [0.2, 0.25) is 0 Å². The molecule has 3 aromatic carbocycles. The van der Waals surface area contributed by atoms with Crippen molar-refractivity contribution in [3.8, 4) is 5.75 Å². The Morgan fingerprint density at radius 1 is 0.975 bits per heavy atom. The molecule has 1 aliphatic rings. The number of ether oxygens (including phenoxy) is 1. The maximum Gasteiger partial charge on any atom is 0.408 e. The number of anilines is 1. The second-order valence-electron chi connectivity index (χ2n) is 11.9. The zero-order valence-electron chi connectivity index (χ0n) is 24.0. The van der Waals surface area contributed by atoms with E-state index < -0.39 is 29.7 Å². The molecule has 4 atom stereocenters. The Morgan fingerprint density at radius 2 is 1.65 bits per heavy atom. The molecule has 8 nitrogen and oxygen atoms in total. The molecule has 1 saturated carbocycles. The summed E-state index contributed by atoms with van der Waals surface area (Å²) in [5.74, 6) is -0.897. The van der Waals surface area contributed by atoms with Crippen LogP contribution >= 0.6 is 0 Å². The molecular formula is C32H39N3O5. The van der Waals surface area contributed by atoms with Crippen molar-refractivity contribution in [2.45, 2.75) is 71.7 Å². The standard InChI is InChI=1S/C32H39N3O5/c1-19(2)27(34-31(39)40-32(4,5)6)30(38)35(26-16-20(26)3)28(23-12-9-13-25(36)18-23)29(37)33-24-15-14-21-10-7-8-11-22(21)17-24/h7-15,17-20,26-28,36H,16H2,1-6H3,(H,33,37)(H,34,39). The molecule has 3 amide bonds. The molecule has 0 radical (unpaired) electrons. The number of fused-ring (bicyclic) bond motifs is 1. The molecule has 0 aliphatic heterocycles. The Balaban J connectivity index is 1.71. The van der Waals surface area contributed by atoms with Crippen LogP contribution in [0, 0.1) is 11.8 Å². The molecule has 0 bridgehead atoms. The molecule has 4 rings (SSSR count). The molecule has 1 fully saturated rings. The zero-order valence-corrected chi connectivity index (χ0v) is 24.0. The van der Waals surface area contributed by atoms with E-state index >= 15 is 0 Å². The lowest BCUT2D eigenvalue weighted by molar-refractivity contribution is -0.142. The fraction of sp³-hybridized carbons (Fsp3) is 0.406. The predicted molar refractivity (Wildman–Crippen MR) is 156 cm³/mol. The van der Waals surface area contributed by atoms with Crippen LogP contribution in [0.1, 0.15) is 59.6 Å². The van der Waals surface area contributed by atoms with E-state index in [2.05, 4.69) is 10.6 Å². The van der Waals surface area contributed by atoms with Crippen LogP contribution < -0.4 is 10.6 Å². The van der Waals surface area contributed by atoms with Gasteiger partial charge >= 0.3 is 6.09 Å². The number of hydrogen-bond acceptors (Lipinski definition) is 5. The molecule has 0 spiro atoms. The van der Waals surface area contributed by atoms with E-state index in [4.69, 9.17) is 4.74 Å². The van der Waals surface area contributed by atoms with Gasteiger partial charge in [0.15, 0.2) is 0 Å². The first kappa shape index (κ1) is 28.9. The SMILES string of the molecule is CC(C)C(NC(=O)OC(C)(C)C)C(=O)N(C(C(=O)Nc1ccc2ccccc2c1)c1cccc(O)c1)C1CC1C. The number of amides is 3. The minimum Gasteiger partial charge on any atom is -0.508 e. The van der Waals surface area contributed by atoms with Gasteiger partial charge in [-0.3, -0.25) is 9.59 Å². The molecule has 3 aromatic rings. The number of phenols is 1. The number of alkyl carbamates (subject to hydrolysis) is 1. The summed E-state index contributed by atoms with van der Waals surface area (Å²) in [6.45, 7) is 11.0. The third-order valence-corrected chi connectivity index (χ3v) is 7.01. The molecular weight excluding hydrogens is 506 g/mol. The van der Waals surface area contributed by atoms with Crippen LogP contribution in [-0.4, -0.2) is 45.6 Å². The maximum absolute atomic E-state index is 14.3. The third-order valence-electron chi connectivity index (χ3n) is 7.01. The Morgan fingerprint density at radius 3 is 2.25 bits per heavy atom. The van der Waals surface area contributed by atoms with Crippen LogP contribution in [0.5, 0.6) is 5.75 Å². The van der Waals surface area contributed by atoms with Gasteiger partial charge < -0.3 is 25.4 Å². The quantitative estimate of drug-likeness (QED) is 0.321. The van der Waals surface area contributed by atoms with Gasteiger partial charge in [-0.05, 0) is 79.6 Å². The fourth-order valence-corrected chi connectivity index (χ4v) is 4.89. The van der Waals surface area contributed by atoms with Crippen LogP contribution in [0.25, 0.3) is 10.8 Å². The van der Waals surface area contributed by atoms with Gasteiger partial charge in [-0.2, -0.15) is 0 Å². The molecule has 4 unspecified atom stereocenters. The summed E-state index contributed by atoms with van der Waals surface area (Å²) in [7, 11) is 0. The monoisotopic (exact) mass is 545 g/mol. The Bertz CT molecular complexity index is 1400. The highest BCUT2D eigenvalue weighted by atomic mass is 16.6. The van der Waals surface area contributed by atoms with E-state index in [0.29, 0.717) is 11.3 Å². The number of nitrogens with zero attached hydrogens (tertiary/aromatic N) is 1. The highest BCUT2D eigenvalue weighted by Gasteiger charge is 2.48. The van der Waals surface area contributed by atoms with Crippen molar-refractivity contribution in [2.24, 2.45) is 11.8 Å². The van der Waals surface area contributed by atoms with E-state index in [9.17, 15) is 19.5 Å². The molecule has 212 valence electrons. The lowest BCUT2D eigenvalue weighted by Crippen LogP contribution is -2.55. The van der Waals surface area contributed by atoms with Crippen LogP contribution in [0.15, 0.2) is 66.7 Å². The summed E-state index contributed by atoms with van der Waals surface area (Å²) in [4.78, 5) is 42.6. The van der Waals surface area contributed by atoms with Crippen molar-refractivity contribution in [2.75, 3.05) is 5.32 Å². The van der Waals surface area contributed by atoms with Gasteiger partial charge in [-0.15, -0.1) is 0 Å². The first-order chi connectivity index (χ1) is 18.8. The lowest BCUT2D eigenvalue weighted by atomic mass is 9.98. The van der Waals surface area contributed by atoms with Crippen molar-refractivity contribution in [1.29, 1.82) is 0 Å². The summed E-state index contributed by atoms with van der Waals surface area (Å²) in [6, 6.07) is 17.7. The summed E-state index contributed by atoms with van der Waals surface area (Å²) in [5.41, 5.74) is 0.339. The average molecular weight is 546 g/mol. The number of hydrogen-bond donors (Lipinski definition) is 3. The van der Waals surface area contributed by atoms with Crippen molar-refractivity contribution in [1.82, 2.24) is 10.2 Å². The van der Waals surface area contributed by atoms with Gasteiger partial charge in [0.1, 0.15) is 23.4 Å². The largest absolute Gasteiger partial charge is 0.508 e. The van der Waals surface area contributed by atoms with Crippen LogP contribution in [0.3, 0.4) is 0 Å². The maximum atomic E-state index is 14.3. The van der Waals surface area contributed by atoms with Gasteiger partial charge in [-0.1, -0.05) is 63.2 Å². The summed E-state index contributed by atoms with van der Waals surface area (Å²) in [5, 5.41) is 18.1. The number of aromatic hydroxyl groups is 1. The minimum absolute atomic E-state index is 0.00969. The highest BCUT2D eigenvalue weighted by Crippen LogP contribution is 2.41. The van der Waals surface area contributed by atoms with Crippen molar-refractivity contribution >= 4 is 34.4 Å². The normalized spacial score (nSPS) is 18.1. The van der Waals surface area contributed by atoms with E-state index in [1.54, 1.807) is 37.8 Å². The van der Waals surface area contributed by atoms with E-state index in [1.165, 1.54) is 12.1 Å². The number of phenolic OH excluding ortho intramolecular Hbond substituents is 1. The van der Waals surface area contributed by atoms with E-state index in [0.717, 1.165) is 17.2 Å². The predicted octanol–water partition coefficient (Wildman–Crippen LogP) is 6.01. The second-order valence-corrected chi connectivity index (χ2v) is 11.9. The van der Waals surface area contributed by atoms with Gasteiger partial charge in [-0.25, -0.2) is 4.79 Å². The number of nitrogens with one attached hydrogen (secondary N) is 2. The topological polar surface area (TPSA) is 108 Å². The Labute approximate surface area is 235 Å². The van der Waals surface area contributed by atoms with E-state index in [1.807, 2.05) is 63.2 Å². The van der Waals surface area contributed by atoms with Crippen LogP contribution in [0.4, 0.5) is 10.5 Å². The molecule has 8 heteroatoms. The van der Waals surface area contributed by atoms with Gasteiger partial charge in [0.05, 0.1) is 0 Å². The third kappa shape index (κ3) is 6.92. The Hall–Kier alpha value is -4.07. The average Bonchev–Trinajstić information content (AvgIpc) is 3.59. The van der Waals surface area contributed by atoms with Gasteiger partial charge in [0, 0.05) is 11.7 Å². The molecule has 40 heavy (non-hydrogen) atoms. The fourth-order valence-electron chi connectivity index (χ4n) is 4.89. The van der Waals surface area contributed by atoms with Crippen LogP contribution in [-0.2, 0) is 14.3 Å². The first-order valence-electron chi connectivity index (χ1n) is 13.7. The number of carbonyl (C=O) groups is 3. The summed E-state index contributed by atoms with van der Waals surface area (Å²) in [6.07, 6.45) is 0.0274. The molecule has 3 N–H and O–H groups in total. The number of carbonyl (C=O) groups excluding carboxylic acids is 3. The molecule has 1 aliphatic carbocycles. The summed E-state index contributed by atoms with van der Waals surface area (Å²) >= 11 is 0. The Kier molecular flexibility index (Phi) is 8.37. The summed E-state index contributed by atoms with van der Waals surface area (Å²) < 4.78 is 5.43. The smallest absolute Gasteiger partial charge is 0.408 e. The highest BCUT2D eigenvalue weighted by molar-refractivity contribution is 6.00. The van der Waals surface area contributed by atoms with Gasteiger partial charge in [0.25, 0.3) is 5.91 Å². The van der Waals surface area contributed by atoms with Gasteiger partial charge in [0.2, 0.25) is 5.91 Å². The molecule has 0 heterocycles. The second kappa shape index (κ2) is 11.6. The number of rotatable bonds is 8. The van der Waals surface area contributed by atoms with E-state index in [-0.39, 0.29) is 29.5 Å². The first-order valence-corrected chi connectivity index (χ1v) is 13.7. The zero-order chi connectivity index (χ0) is 29.2. The molecule has 0 aromatic heterocycles. The minimum atomic E-state index is -1.04. The lowest BCUT2D eigenvalue weighted by Gasteiger charge is -2.36. The number of benzene rings is 3.